The molecule has 1 aromatic rings. The Labute approximate surface area is 107 Å². The van der Waals surface area contributed by atoms with Gasteiger partial charge in [0, 0.05) is 39.4 Å². The summed E-state index contributed by atoms with van der Waals surface area (Å²) >= 11 is 0. The van der Waals surface area contributed by atoms with Gasteiger partial charge in [-0.1, -0.05) is 0 Å². The molecule has 0 saturated carbocycles. The molecule has 0 unspecified atom stereocenters. The zero-order valence-electron chi connectivity index (χ0n) is 11.2. The Morgan fingerprint density at radius 2 is 2.11 bits per heavy atom. The first kappa shape index (κ1) is 14.6. The monoisotopic (exact) mass is 256 g/mol. The molecular formula is C13H21FN2O2. The predicted octanol–water partition coefficient (Wildman–Crippen LogP) is 2.28. The van der Waals surface area contributed by atoms with E-state index in [-0.39, 0.29) is 5.75 Å². The van der Waals surface area contributed by atoms with E-state index in [1.54, 1.807) is 13.2 Å². The summed E-state index contributed by atoms with van der Waals surface area (Å²) in [5.74, 6) is -0.191. The summed E-state index contributed by atoms with van der Waals surface area (Å²) in [6.07, 6.45) is 0.883. The van der Waals surface area contributed by atoms with Crippen LogP contribution in [0.1, 0.15) is 13.3 Å². The molecule has 0 amide bonds. The van der Waals surface area contributed by atoms with Crippen LogP contribution in [0.25, 0.3) is 0 Å². The third kappa shape index (κ3) is 3.77. The number of hydrogen-bond acceptors (Lipinski definition) is 4. The highest BCUT2D eigenvalue weighted by Gasteiger charge is 2.11. The maximum atomic E-state index is 13.5. The van der Waals surface area contributed by atoms with Crippen molar-refractivity contribution in [3.05, 3.63) is 17.9 Å². The Balaban J connectivity index is 2.83. The van der Waals surface area contributed by atoms with Crippen LogP contribution in [0.3, 0.4) is 0 Å². The van der Waals surface area contributed by atoms with Crippen LogP contribution < -0.4 is 15.4 Å². The van der Waals surface area contributed by atoms with E-state index in [2.05, 4.69) is 0 Å². The molecule has 2 N–H and O–H groups in total. The lowest BCUT2D eigenvalue weighted by Gasteiger charge is -2.22. The van der Waals surface area contributed by atoms with Crippen LogP contribution in [0, 0.1) is 5.82 Å². The fraction of sp³-hybridized carbons (Fsp3) is 0.538. The van der Waals surface area contributed by atoms with Crippen LogP contribution in [0.5, 0.6) is 5.75 Å². The lowest BCUT2D eigenvalue weighted by molar-refractivity contribution is 0.196. The van der Waals surface area contributed by atoms with Gasteiger partial charge in [-0.15, -0.1) is 0 Å². The van der Waals surface area contributed by atoms with Crippen molar-refractivity contribution in [3.63, 3.8) is 0 Å². The number of halogens is 1. The molecule has 0 fully saturated rings. The third-order valence-electron chi connectivity index (χ3n) is 2.63. The van der Waals surface area contributed by atoms with Gasteiger partial charge in [0.25, 0.3) is 0 Å². The molecule has 0 atom stereocenters. The van der Waals surface area contributed by atoms with Crippen molar-refractivity contribution >= 4 is 11.4 Å². The summed E-state index contributed by atoms with van der Waals surface area (Å²) in [4.78, 5) is 1.97. The number of nitrogens with zero attached hydrogens (tertiary/aromatic N) is 1. The molecule has 0 spiro atoms. The number of benzene rings is 1. The minimum absolute atomic E-state index is 0.236. The molecule has 0 bridgehead atoms. The number of methoxy groups -OCH3 is 1. The van der Waals surface area contributed by atoms with Crippen LogP contribution in [0.2, 0.25) is 0 Å². The molecule has 0 aromatic heterocycles. The Morgan fingerprint density at radius 3 is 2.72 bits per heavy atom. The predicted molar refractivity (Wildman–Crippen MR) is 71.7 cm³/mol. The quantitative estimate of drug-likeness (QED) is 0.600. The summed E-state index contributed by atoms with van der Waals surface area (Å²) in [7, 11) is 3.58. The summed E-state index contributed by atoms with van der Waals surface area (Å²) in [6.45, 7) is 3.71. The number of anilines is 2. The highest BCUT2D eigenvalue weighted by atomic mass is 19.1. The topological polar surface area (TPSA) is 47.7 Å². The Hall–Kier alpha value is -1.49. The molecule has 0 heterocycles. The molecule has 4 nitrogen and oxygen atoms in total. The summed E-state index contributed by atoms with van der Waals surface area (Å²) in [5.41, 5.74) is 7.01. The normalized spacial score (nSPS) is 10.4. The molecule has 102 valence electrons. The van der Waals surface area contributed by atoms with Crippen molar-refractivity contribution in [3.8, 4) is 5.75 Å². The van der Waals surface area contributed by atoms with E-state index in [0.717, 1.165) is 18.7 Å². The fourth-order valence-corrected chi connectivity index (χ4v) is 1.72. The SMILES string of the molecule is CCOc1cc(N(C)CCCOC)c(N)cc1F. The molecule has 18 heavy (non-hydrogen) atoms. The number of nitrogens with two attached hydrogens (primary N) is 1. The molecule has 0 aliphatic carbocycles. The van der Waals surface area contributed by atoms with Gasteiger partial charge in [0.15, 0.2) is 11.6 Å². The minimum Gasteiger partial charge on any atom is -0.491 e. The average Bonchev–Trinajstić information content (AvgIpc) is 2.33. The van der Waals surface area contributed by atoms with Crippen LogP contribution in [-0.2, 0) is 4.74 Å². The first-order valence-corrected chi connectivity index (χ1v) is 6.02. The van der Waals surface area contributed by atoms with Crippen LogP contribution in [-0.4, -0.2) is 33.9 Å². The molecular weight excluding hydrogens is 235 g/mol. The van der Waals surface area contributed by atoms with Gasteiger partial charge in [-0.2, -0.15) is 0 Å². The Morgan fingerprint density at radius 1 is 1.39 bits per heavy atom. The molecule has 1 aromatic carbocycles. The van der Waals surface area contributed by atoms with Gasteiger partial charge in [-0.3, -0.25) is 0 Å². The van der Waals surface area contributed by atoms with Gasteiger partial charge >= 0.3 is 0 Å². The number of hydrogen-bond donors (Lipinski definition) is 1. The third-order valence-corrected chi connectivity index (χ3v) is 2.63. The number of nitrogen functional groups attached to an aromatic ring is 1. The highest BCUT2D eigenvalue weighted by Crippen LogP contribution is 2.30. The van der Waals surface area contributed by atoms with Crippen LogP contribution in [0.4, 0.5) is 15.8 Å². The summed E-state index contributed by atoms with van der Waals surface area (Å²) in [6, 6.07) is 2.94. The Bertz CT molecular complexity index is 385. The second kappa shape index (κ2) is 7.06. The zero-order valence-corrected chi connectivity index (χ0v) is 11.2. The lowest BCUT2D eigenvalue weighted by atomic mass is 10.2. The van der Waals surface area contributed by atoms with E-state index >= 15 is 0 Å². The van der Waals surface area contributed by atoms with Crippen LogP contribution in [0.15, 0.2) is 12.1 Å². The minimum atomic E-state index is -0.427. The van der Waals surface area contributed by atoms with Crippen molar-refractivity contribution in [2.45, 2.75) is 13.3 Å². The molecule has 0 aliphatic rings. The largest absolute Gasteiger partial charge is 0.491 e. The standard InChI is InChI=1S/C13H21FN2O2/c1-4-18-13-9-12(11(15)8-10(13)14)16(2)6-5-7-17-3/h8-9H,4-7,15H2,1-3H3. The molecule has 5 heteroatoms. The van der Waals surface area contributed by atoms with Crippen LogP contribution >= 0.6 is 0 Å². The first-order chi connectivity index (χ1) is 8.60. The average molecular weight is 256 g/mol. The maximum Gasteiger partial charge on any atom is 0.167 e. The lowest BCUT2D eigenvalue weighted by Crippen LogP contribution is -2.21. The summed E-state index contributed by atoms with van der Waals surface area (Å²) in [5, 5.41) is 0. The zero-order chi connectivity index (χ0) is 13.5. The molecule has 0 aliphatic heterocycles. The van der Waals surface area contributed by atoms with E-state index in [1.807, 2.05) is 18.9 Å². The van der Waals surface area contributed by atoms with Gasteiger partial charge in [-0.25, -0.2) is 4.39 Å². The molecule has 1 rings (SSSR count). The van der Waals surface area contributed by atoms with Gasteiger partial charge < -0.3 is 20.1 Å². The van der Waals surface area contributed by atoms with Crippen molar-refractivity contribution in [1.29, 1.82) is 0 Å². The van der Waals surface area contributed by atoms with E-state index in [9.17, 15) is 4.39 Å². The summed E-state index contributed by atoms with van der Waals surface area (Å²) < 4.78 is 23.8. The van der Waals surface area contributed by atoms with E-state index in [0.29, 0.717) is 18.9 Å². The van der Waals surface area contributed by atoms with E-state index < -0.39 is 5.82 Å². The number of rotatable bonds is 7. The second-order valence-electron chi connectivity index (χ2n) is 4.04. The molecule has 0 saturated heterocycles. The molecule has 0 radical (unpaired) electrons. The van der Waals surface area contributed by atoms with E-state index in [4.69, 9.17) is 15.2 Å². The van der Waals surface area contributed by atoms with Gasteiger partial charge in [0.1, 0.15) is 0 Å². The van der Waals surface area contributed by atoms with Gasteiger partial charge in [0.2, 0.25) is 0 Å². The highest BCUT2D eigenvalue weighted by molar-refractivity contribution is 5.69. The maximum absolute atomic E-state index is 13.5. The van der Waals surface area contributed by atoms with Gasteiger partial charge in [0.05, 0.1) is 18.0 Å². The van der Waals surface area contributed by atoms with Crippen molar-refractivity contribution in [2.75, 3.05) is 44.5 Å². The second-order valence-corrected chi connectivity index (χ2v) is 4.04. The van der Waals surface area contributed by atoms with Crippen molar-refractivity contribution in [2.24, 2.45) is 0 Å². The fourth-order valence-electron chi connectivity index (χ4n) is 1.72. The van der Waals surface area contributed by atoms with E-state index in [1.165, 1.54) is 6.07 Å². The first-order valence-electron chi connectivity index (χ1n) is 6.02. The van der Waals surface area contributed by atoms with Gasteiger partial charge in [-0.05, 0) is 13.3 Å². The van der Waals surface area contributed by atoms with Crippen molar-refractivity contribution in [1.82, 2.24) is 0 Å². The smallest absolute Gasteiger partial charge is 0.167 e. The Kier molecular flexibility index (Phi) is 5.71. The van der Waals surface area contributed by atoms with Crippen molar-refractivity contribution < 1.29 is 13.9 Å². The number of ether oxygens (including phenoxy) is 2.